The normalized spacial score (nSPS) is 13.4. The van der Waals surface area contributed by atoms with E-state index in [9.17, 15) is 5.11 Å². The van der Waals surface area contributed by atoms with Gasteiger partial charge in [-0.05, 0) is 31.7 Å². The van der Waals surface area contributed by atoms with Crippen molar-refractivity contribution in [1.29, 1.82) is 0 Å². The first-order valence-corrected chi connectivity index (χ1v) is 5.88. The van der Waals surface area contributed by atoms with Gasteiger partial charge in [-0.25, -0.2) is 0 Å². The lowest BCUT2D eigenvalue weighted by atomic mass is 10.2. The predicted octanol–water partition coefficient (Wildman–Crippen LogP) is 2.47. The maximum absolute atomic E-state index is 9.66. The molecule has 0 saturated carbocycles. The van der Waals surface area contributed by atoms with Crippen LogP contribution in [0.2, 0.25) is 0 Å². The second-order valence-electron chi connectivity index (χ2n) is 3.65. The third kappa shape index (κ3) is 4.74. The van der Waals surface area contributed by atoms with Crippen molar-refractivity contribution < 1.29 is 9.84 Å². The molecule has 0 aliphatic rings. The van der Waals surface area contributed by atoms with Gasteiger partial charge >= 0.3 is 0 Å². The summed E-state index contributed by atoms with van der Waals surface area (Å²) in [6.45, 7) is 4.65. The largest absolute Gasteiger partial charge is 0.393 e. The van der Waals surface area contributed by atoms with E-state index < -0.39 is 0 Å². The van der Waals surface area contributed by atoms with Crippen molar-refractivity contribution in [2.75, 3.05) is 6.61 Å². The number of hydrogen-bond acceptors (Lipinski definition) is 3. The molecule has 0 saturated heterocycles. The Morgan fingerprint density at radius 2 is 2.29 bits per heavy atom. The maximum Gasteiger partial charge on any atom is 0.0610 e. The van der Waals surface area contributed by atoms with Crippen LogP contribution < -0.4 is 0 Å². The molecule has 0 aromatic carbocycles. The Labute approximate surface area is 89.5 Å². The Morgan fingerprint density at radius 3 is 2.86 bits per heavy atom. The lowest BCUT2D eigenvalue weighted by molar-refractivity contribution is 0.0472. The Balaban J connectivity index is 2.13. The minimum Gasteiger partial charge on any atom is -0.393 e. The molecule has 2 nitrogen and oxygen atoms in total. The first-order valence-electron chi connectivity index (χ1n) is 5.00. The Bertz CT molecular complexity index is 231. The van der Waals surface area contributed by atoms with Crippen LogP contribution in [0.3, 0.4) is 0 Å². The van der Waals surface area contributed by atoms with Crippen LogP contribution in [0.4, 0.5) is 0 Å². The monoisotopic (exact) mass is 214 g/mol. The molecule has 0 radical (unpaired) electrons. The van der Waals surface area contributed by atoms with Crippen LogP contribution in [0, 0.1) is 0 Å². The summed E-state index contributed by atoms with van der Waals surface area (Å²) in [6.07, 6.45) is 1.45. The lowest BCUT2D eigenvalue weighted by Crippen LogP contribution is -2.15. The van der Waals surface area contributed by atoms with Crippen molar-refractivity contribution in [2.24, 2.45) is 0 Å². The van der Waals surface area contributed by atoms with E-state index in [4.69, 9.17) is 4.74 Å². The molecule has 0 fully saturated rings. The van der Waals surface area contributed by atoms with Crippen LogP contribution in [-0.4, -0.2) is 23.9 Å². The minimum absolute atomic E-state index is 0.254. The summed E-state index contributed by atoms with van der Waals surface area (Å²) in [5, 5.41) is 11.7. The predicted molar refractivity (Wildman–Crippen MR) is 59.7 cm³/mol. The minimum atomic E-state index is -0.271. The number of aliphatic hydroxyl groups excluding tert-OH is 1. The maximum atomic E-state index is 9.66. The van der Waals surface area contributed by atoms with Crippen LogP contribution in [0.25, 0.3) is 0 Å². The molecule has 3 heteroatoms. The van der Waals surface area contributed by atoms with E-state index in [0.717, 1.165) is 12.8 Å². The average molecular weight is 214 g/mol. The van der Waals surface area contributed by atoms with Crippen molar-refractivity contribution in [3.8, 4) is 0 Å². The topological polar surface area (TPSA) is 29.5 Å². The van der Waals surface area contributed by atoms with E-state index in [1.54, 1.807) is 11.3 Å². The van der Waals surface area contributed by atoms with Crippen LogP contribution in [-0.2, 0) is 11.2 Å². The summed E-state index contributed by atoms with van der Waals surface area (Å²) in [5.74, 6) is 0. The van der Waals surface area contributed by atoms with Gasteiger partial charge in [0, 0.05) is 17.9 Å². The van der Waals surface area contributed by atoms with E-state index in [2.05, 4.69) is 6.07 Å². The van der Waals surface area contributed by atoms with Gasteiger partial charge in [-0.1, -0.05) is 6.07 Å². The van der Waals surface area contributed by atoms with Gasteiger partial charge in [-0.2, -0.15) is 0 Å². The Hall–Kier alpha value is -0.380. The van der Waals surface area contributed by atoms with Gasteiger partial charge in [0.15, 0.2) is 0 Å². The second-order valence-corrected chi connectivity index (χ2v) is 4.68. The molecule has 1 aromatic heterocycles. The quantitative estimate of drug-likeness (QED) is 0.788. The Morgan fingerprint density at radius 1 is 1.50 bits per heavy atom. The second kappa shape index (κ2) is 6.17. The van der Waals surface area contributed by atoms with E-state index in [1.165, 1.54) is 4.88 Å². The molecule has 1 heterocycles. The van der Waals surface area contributed by atoms with Gasteiger partial charge in [0.1, 0.15) is 0 Å². The summed E-state index contributed by atoms with van der Waals surface area (Å²) >= 11 is 1.69. The number of hydrogen-bond donors (Lipinski definition) is 1. The van der Waals surface area contributed by atoms with Crippen molar-refractivity contribution in [3.63, 3.8) is 0 Å². The lowest BCUT2D eigenvalue weighted by Gasteiger charge is -2.11. The SMILES string of the molecule is CC(C)OCCC(O)Cc1cccs1. The van der Waals surface area contributed by atoms with Gasteiger partial charge in [-0.3, -0.25) is 0 Å². The molecular weight excluding hydrogens is 196 g/mol. The summed E-state index contributed by atoms with van der Waals surface area (Å²) in [6, 6.07) is 4.06. The van der Waals surface area contributed by atoms with Crippen LogP contribution in [0.5, 0.6) is 0 Å². The third-order valence-corrected chi connectivity index (χ3v) is 2.82. The highest BCUT2D eigenvalue weighted by atomic mass is 32.1. The molecule has 0 bridgehead atoms. The van der Waals surface area contributed by atoms with Gasteiger partial charge in [0.2, 0.25) is 0 Å². The molecule has 1 aromatic rings. The third-order valence-electron chi connectivity index (χ3n) is 1.92. The fraction of sp³-hybridized carbons (Fsp3) is 0.636. The van der Waals surface area contributed by atoms with Crippen LogP contribution in [0.15, 0.2) is 17.5 Å². The summed E-state index contributed by atoms with van der Waals surface area (Å²) in [5.41, 5.74) is 0. The first kappa shape index (κ1) is 11.7. The molecule has 1 atom stereocenters. The summed E-state index contributed by atoms with van der Waals surface area (Å²) in [4.78, 5) is 1.24. The molecule has 0 aliphatic carbocycles. The highest BCUT2D eigenvalue weighted by Gasteiger charge is 2.06. The summed E-state index contributed by atoms with van der Waals surface area (Å²) < 4.78 is 5.38. The molecular formula is C11H18O2S. The number of ether oxygens (including phenoxy) is 1. The van der Waals surface area contributed by atoms with Gasteiger partial charge in [-0.15, -0.1) is 11.3 Å². The van der Waals surface area contributed by atoms with Gasteiger partial charge in [0.05, 0.1) is 12.2 Å². The van der Waals surface area contributed by atoms with E-state index in [0.29, 0.717) is 6.61 Å². The van der Waals surface area contributed by atoms with Crippen molar-refractivity contribution in [2.45, 2.75) is 38.9 Å². The number of thiophene rings is 1. The van der Waals surface area contributed by atoms with Crippen molar-refractivity contribution >= 4 is 11.3 Å². The fourth-order valence-corrected chi connectivity index (χ4v) is 1.98. The fourth-order valence-electron chi connectivity index (χ4n) is 1.20. The smallest absolute Gasteiger partial charge is 0.0610 e. The highest BCUT2D eigenvalue weighted by molar-refractivity contribution is 7.09. The Kier molecular flexibility index (Phi) is 5.15. The number of aliphatic hydroxyl groups is 1. The molecule has 0 amide bonds. The summed E-state index contributed by atoms with van der Waals surface area (Å²) in [7, 11) is 0. The van der Waals surface area contributed by atoms with E-state index in [1.807, 2.05) is 25.3 Å². The van der Waals surface area contributed by atoms with Gasteiger partial charge < -0.3 is 9.84 Å². The van der Waals surface area contributed by atoms with Crippen LogP contribution in [0.1, 0.15) is 25.1 Å². The zero-order valence-electron chi connectivity index (χ0n) is 8.77. The zero-order chi connectivity index (χ0) is 10.4. The standard InChI is InChI=1S/C11H18O2S/c1-9(2)13-6-5-10(12)8-11-4-3-7-14-11/h3-4,7,9-10,12H,5-6,8H2,1-2H3. The van der Waals surface area contributed by atoms with Crippen molar-refractivity contribution in [1.82, 2.24) is 0 Å². The molecule has 1 unspecified atom stereocenters. The molecule has 0 spiro atoms. The zero-order valence-corrected chi connectivity index (χ0v) is 9.59. The average Bonchev–Trinajstić information content (AvgIpc) is 2.56. The number of rotatable bonds is 6. The molecule has 14 heavy (non-hydrogen) atoms. The van der Waals surface area contributed by atoms with E-state index >= 15 is 0 Å². The van der Waals surface area contributed by atoms with E-state index in [-0.39, 0.29) is 12.2 Å². The molecule has 1 N–H and O–H groups in total. The highest BCUT2D eigenvalue weighted by Crippen LogP contribution is 2.12. The van der Waals surface area contributed by atoms with Crippen LogP contribution >= 0.6 is 11.3 Å². The van der Waals surface area contributed by atoms with Gasteiger partial charge in [0.25, 0.3) is 0 Å². The molecule has 80 valence electrons. The molecule has 1 rings (SSSR count). The first-order chi connectivity index (χ1) is 6.68. The molecule has 0 aliphatic heterocycles. The van der Waals surface area contributed by atoms with Crippen molar-refractivity contribution in [3.05, 3.63) is 22.4 Å².